The second-order valence-electron chi connectivity index (χ2n) is 4.34. The number of esters is 1. The van der Waals surface area contributed by atoms with Crippen LogP contribution in [0.4, 0.5) is 0 Å². The number of hydrogen-bond acceptors (Lipinski definition) is 3. The maximum absolute atomic E-state index is 12.1. The van der Waals surface area contributed by atoms with Gasteiger partial charge in [0, 0.05) is 6.54 Å². The SMILES string of the molecule is CCCC(CN)(C(=O)OC)c1ccccc1C. The maximum Gasteiger partial charge on any atom is 0.317 e. The molecule has 0 aliphatic rings. The van der Waals surface area contributed by atoms with Crippen LogP contribution in [0, 0.1) is 6.92 Å². The van der Waals surface area contributed by atoms with Crippen LogP contribution in [-0.2, 0) is 14.9 Å². The van der Waals surface area contributed by atoms with Gasteiger partial charge >= 0.3 is 5.97 Å². The summed E-state index contributed by atoms with van der Waals surface area (Å²) in [4.78, 5) is 12.1. The zero-order valence-electron chi connectivity index (χ0n) is 10.8. The fourth-order valence-corrected chi connectivity index (χ4v) is 2.37. The van der Waals surface area contributed by atoms with Crippen molar-refractivity contribution in [1.29, 1.82) is 0 Å². The lowest BCUT2D eigenvalue weighted by atomic mass is 9.75. The standard InChI is InChI=1S/C14H21NO2/c1-4-9-14(10-15,13(16)17-3)12-8-6-5-7-11(12)2/h5-8H,4,9-10,15H2,1-3H3. The Balaban J connectivity index is 3.31. The Labute approximate surface area is 103 Å². The third kappa shape index (κ3) is 2.50. The average Bonchev–Trinajstić information content (AvgIpc) is 2.36. The molecule has 1 atom stereocenters. The molecular weight excluding hydrogens is 214 g/mol. The Bertz CT molecular complexity index is 390. The molecule has 3 heteroatoms. The van der Waals surface area contributed by atoms with Gasteiger partial charge in [-0.1, -0.05) is 37.6 Å². The van der Waals surface area contributed by atoms with Crippen molar-refractivity contribution in [3.63, 3.8) is 0 Å². The zero-order valence-corrected chi connectivity index (χ0v) is 10.8. The summed E-state index contributed by atoms with van der Waals surface area (Å²) in [5, 5.41) is 0. The van der Waals surface area contributed by atoms with E-state index in [9.17, 15) is 4.79 Å². The van der Waals surface area contributed by atoms with E-state index in [0.29, 0.717) is 6.42 Å². The highest BCUT2D eigenvalue weighted by Gasteiger charge is 2.40. The molecule has 0 aromatic heterocycles. The van der Waals surface area contributed by atoms with Crippen molar-refractivity contribution < 1.29 is 9.53 Å². The van der Waals surface area contributed by atoms with E-state index in [1.807, 2.05) is 38.1 Å². The maximum atomic E-state index is 12.1. The number of nitrogens with two attached hydrogens (primary N) is 1. The molecule has 0 radical (unpaired) electrons. The first kappa shape index (κ1) is 13.7. The van der Waals surface area contributed by atoms with Crippen molar-refractivity contribution in [3.8, 4) is 0 Å². The van der Waals surface area contributed by atoms with Gasteiger partial charge in [0.1, 0.15) is 5.41 Å². The molecule has 0 saturated heterocycles. The second kappa shape index (κ2) is 5.82. The molecule has 0 saturated carbocycles. The first-order valence-electron chi connectivity index (χ1n) is 5.97. The number of carbonyl (C=O) groups excluding carboxylic acids is 1. The van der Waals surface area contributed by atoms with Gasteiger partial charge in [-0.15, -0.1) is 0 Å². The van der Waals surface area contributed by atoms with Gasteiger partial charge in [-0.3, -0.25) is 4.79 Å². The molecule has 1 unspecified atom stereocenters. The first-order chi connectivity index (χ1) is 8.12. The molecular formula is C14H21NO2. The van der Waals surface area contributed by atoms with Crippen LogP contribution in [0.1, 0.15) is 30.9 Å². The van der Waals surface area contributed by atoms with Crippen molar-refractivity contribution >= 4 is 5.97 Å². The van der Waals surface area contributed by atoms with Gasteiger partial charge in [0.25, 0.3) is 0 Å². The topological polar surface area (TPSA) is 52.3 Å². The van der Waals surface area contributed by atoms with Gasteiger partial charge < -0.3 is 10.5 Å². The largest absolute Gasteiger partial charge is 0.468 e. The van der Waals surface area contributed by atoms with E-state index in [1.165, 1.54) is 7.11 Å². The van der Waals surface area contributed by atoms with Crippen LogP contribution in [-0.4, -0.2) is 19.6 Å². The van der Waals surface area contributed by atoms with Gasteiger partial charge in [0.15, 0.2) is 0 Å². The fourth-order valence-electron chi connectivity index (χ4n) is 2.37. The molecule has 3 nitrogen and oxygen atoms in total. The third-order valence-corrected chi connectivity index (χ3v) is 3.26. The Kier molecular flexibility index (Phi) is 4.70. The van der Waals surface area contributed by atoms with Crippen LogP contribution in [0.5, 0.6) is 0 Å². The lowest BCUT2D eigenvalue weighted by Gasteiger charge is -2.31. The summed E-state index contributed by atoms with van der Waals surface area (Å²) in [7, 11) is 1.42. The Hall–Kier alpha value is -1.35. The van der Waals surface area contributed by atoms with Gasteiger partial charge in [0.05, 0.1) is 7.11 Å². The van der Waals surface area contributed by atoms with E-state index in [-0.39, 0.29) is 12.5 Å². The molecule has 0 aliphatic carbocycles. The molecule has 0 spiro atoms. The Morgan fingerprint density at radius 2 is 2.06 bits per heavy atom. The summed E-state index contributed by atoms with van der Waals surface area (Å²) in [5.41, 5.74) is 7.23. The Morgan fingerprint density at radius 3 is 2.53 bits per heavy atom. The van der Waals surface area contributed by atoms with Crippen molar-refractivity contribution in [3.05, 3.63) is 35.4 Å². The average molecular weight is 235 g/mol. The number of hydrogen-bond donors (Lipinski definition) is 1. The molecule has 1 rings (SSSR count). The second-order valence-corrected chi connectivity index (χ2v) is 4.34. The predicted octanol–water partition coefficient (Wildman–Crippen LogP) is 2.16. The minimum Gasteiger partial charge on any atom is -0.468 e. The van der Waals surface area contributed by atoms with Gasteiger partial charge in [-0.25, -0.2) is 0 Å². The monoisotopic (exact) mass is 235 g/mol. The molecule has 0 heterocycles. The molecule has 2 N–H and O–H groups in total. The van der Waals surface area contributed by atoms with Crippen LogP contribution in [0.25, 0.3) is 0 Å². The van der Waals surface area contributed by atoms with Crippen molar-refractivity contribution in [2.45, 2.75) is 32.1 Å². The summed E-state index contributed by atoms with van der Waals surface area (Å²) < 4.78 is 4.95. The zero-order chi connectivity index (χ0) is 12.9. The number of aryl methyl sites for hydroxylation is 1. The molecule has 0 aliphatic heterocycles. The number of rotatable bonds is 5. The van der Waals surface area contributed by atoms with Crippen LogP contribution < -0.4 is 5.73 Å². The summed E-state index contributed by atoms with van der Waals surface area (Å²) in [6.07, 6.45) is 1.60. The van der Waals surface area contributed by atoms with Crippen LogP contribution in [0.3, 0.4) is 0 Å². The molecule has 94 valence electrons. The molecule has 0 fully saturated rings. The van der Waals surface area contributed by atoms with Gasteiger partial charge in [0.2, 0.25) is 0 Å². The smallest absolute Gasteiger partial charge is 0.317 e. The number of ether oxygens (including phenoxy) is 1. The highest BCUT2D eigenvalue weighted by atomic mass is 16.5. The van der Waals surface area contributed by atoms with Crippen molar-refractivity contribution in [1.82, 2.24) is 0 Å². The molecule has 1 aromatic carbocycles. The van der Waals surface area contributed by atoms with Crippen LogP contribution in [0.2, 0.25) is 0 Å². The molecule has 0 amide bonds. The van der Waals surface area contributed by atoms with Crippen molar-refractivity contribution in [2.75, 3.05) is 13.7 Å². The first-order valence-corrected chi connectivity index (χ1v) is 5.97. The van der Waals surface area contributed by atoms with Gasteiger partial charge in [-0.05, 0) is 24.5 Å². The minimum absolute atomic E-state index is 0.240. The van der Waals surface area contributed by atoms with Gasteiger partial charge in [-0.2, -0.15) is 0 Å². The lowest BCUT2D eigenvalue weighted by Crippen LogP contribution is -2.44. The number of methoxy groups -OCH3 is 1. The normalized spacial score (nSPS) is 14.1. The van der Waals surface area contributed by atoms with Crippen LogP contribution >= 0.6 is 0 Å². The quantitative estimate of drug-likeness (QED) is 0.796. The van der Waals surface area contributed by atoms with E-state index in [4.69, 9.17) is 10.5 Å². The summed E-state index contributed by atoms with van der Waals surface area (Å²) in [5.74, 6) is -0.240. The van der Waals surface area contributed by atoms with E-state index >= 15 is 0 Å². The Morgan fingerprint density at radius 1 is 1.41 bits per heavy atom. The van der Waals surface area contributed by atoms with Crippen molar-refractivity contribution in [2.24, 2.45) is 5.73 Å². The highest BCUT2D eigenvalue weighted by Crippen LogP contribution is 2.32. The molecule has 0 bridgehead atoms. The summed E-state index contributed by atoms with van der Waals surface area (Å²) >= 11 is 0. The predicted molar refractivity (Wildman–Crippen MR) is 68.8 cm³/mol. The number of benzene rings is 1. The summed E-state index contributed by atoms with van der Waals surface area (Å²) in [6.45, 7) is 4.32. The third-order valence-electron chi connectivity index (χ3n) is 3.26. The lowest BCUT2D eigenvalue weighted by molar-refractivity contribution is -0.147. The highest BCUT2D eigenvalue weighted by molar-refractivity contribution is 5.84. The minimum atomic E-state index is -0.700. The summed E-state index contributed by atoms with van der Waals surface area (Å²) in [6, 6.07) is 7.86. The van der Waals surface area contributed by atoms with E-state index < -0.39 is 5.41 Å². The van der Waals surface area contributed by atoms with E-state index in [1.54, 1.807) is 0 Å². The van der Waals surface area contributed by atoms with E-state index in [0.717, 1.165) is 17.5 Å². The van der Waals surface area contributed by atoms with E-state index in [2.05, 4.69) is 0 Å². The fraction of sp³-hybridized carbons (Fsp3) is 0.500. The molecule has 1 aromatic rings. The van der Waals surface area contributed by atoms with Crippen LogP contribution in [0.15, 0.2) is 24.3 Å². The molecule has 17 heavy (non-hydrogen) atoms. The number of carbonyl (C=O) groups is 1.